The molecule has 0 radical (unpaired) electrons. The number of amides is 1. The Hall–Kier alpha value is -3.07. The highest BCUT2D eigenvalue weighted by molar-refractivity contribution is 5.94. The number of carbonyl (C=O) groups is 1. The first-order valence-electron chi connectivity index (χ1n) is 9.40. The highest BCUT2D eigenvalue weighted by Gasteiger charge is 2.20. The van der Waals surface area contributed by atoms with E-state index in [1.165, 1.54) is 13.2 Å². The number of likely N-dealkylation sites (N-methyl/N-ethyl adjacent to an activating group) is 1. The molecule has 1 aliphatic rings. The second kappa shape index (κ2) is 9.62. The van der Waals surface area contributed by atoms with E-state index in [-0.39, 0.29) is 17.4 Å². The minimum Gasteiger partial charge on any atom is -0.493 e. The Labute approximate surface area is 173 Å². The van der Waals surface area contributed by atoms with Crippen LogP contribution in [0.3, 0.4) is 0 Å². The largest absolute Gasteiger partial charge is 0.493 e. The van der Waals surface area contributed by atoms with Gasteiger partial charge in [0.1, 0.15) is 13.2 Å². The number of ether oxygens (including phenoxy) is 4. The van der Waals surface area contributed by atoms with E-state index in [1.807, 2.05) is 4.90 Å². The van der Waals surface area contributed by atoms with E-state index in [1.54, 1.807) is 44.3 Å². The van der Waals surface area contributed by atoms with E-state index in [2.05, 4.69) is 10.1 Å². The van der Waals surface area contributed by atoms with Crippen LogP contribution in [0.5, 0.6) is 23.0 Å². The molecule has 0 spiro atoms. The Morgan fingerprint density at radius 2 is 1.87 bits per heavy atom. The zero-order valence-electron chi connectivity index (χ0n) is 17.0. The summed E-state index contributed by atoms with van der Waals surface area (Å²) in [4.78, 5) is 14.5. The topological polar surface area (TPSA) is 69.3 Å². The average Bonchev–Trinajstić information content (AvgIpc) is 2.73. The molecule has 0 bridgehead atoms. The number of hydrogen-bond donors (Lipinski definition) is 1. The molecule has 0 aromatic heterocycles. The van der Waals surface area contributed by atoms with Crippen LogP contribution in [-0.2, 0) is 11.3 Å². The van der Waals surface area contributed by atoms with Gasteiger partial charge in [-0.1, -0.05) is 6.07 Å². The molecule has 0 fully saturated rings. The number of carbonyl (C=O) groups excluding carboxylic acids is 1. The van der Waals surface area contributed by atoms with Gasteiger partial charge >= 0.3 is 6.61 Å². The molecule has 1 N–H and O–H groups in total. The second-order valence-corrected chi connectivity index (χ2v) is 6.80. The minimum absolute atomic E-state index is 0.0386. The van der Waals surface area contributed by atoms with E-state index in [4.69, 9.17) is 14.2 Å². The number of hydrogen-bond acceptors (Lipinski definition) is 6. The lowest BCUT2D eigenvalue weighted by molar-refractivity contribution is -0.120. The minimum atomic E-state index is -2.93. The van der Waals surface area contributed by atoms with Crippen LogP contribution in [0.2, 0.25) is 0 Å². The van der Waals surface area contributed by atoms with E-state index in [0.717, 1.165) is 5.56 Å². The van der Waals surface area contributed by atoms with Crippen molar-refractivity contribution in [3.05, 3.63) is 42.0 Å². The number of benzene rings is 2. The summed E-state index contributed by atoms with van der Waals surface area (Å²) in [6, 6.07) is 9.47. The van der Waals surface area contributed by atoms with Crippen molar-refractivity contribution in [1.82, 2.24) is 4.90 Å². The quantitative estimate of drug-likeness (QED) is 0.702. The normalized spacial score (nSPS) is 13.8. The number of nitrogens with one attached hydrogen (secondary N) is 1. The molecule has 0 saturated heterocycles. The van der Waals surface area contributed by atoms with Crippen LogP contribution in [0.15, 0.2) is 36.4 Å². The van der Waals surface area contributed by atoms with Crippen molar-refractivity contribution in [3.63, 3.8) is 0 Å². The van der Waals surface area contributed by atoms with Crippen molar-refractivity contribution in [3.8, 4) is 23.0 Å². The predicted octanol–water partition coefficient (Wildman–Crippen LogP) is 3.53. The van der Waals surface area contributed by atoms with Crippen molar-refractivity contribution in [2.45, 2.75) is 26.1 Å². The molecule has 9 heteroatoms. The Morgan fingerprint density at radius 3 is 2.57 bits per heavy atom. The molecule has 2 aromatic rings. The predicted molar refractivity (Wildman–Crippen MR) is 107 cm³/mol. The number of alkyl halides is 2. The fourth-order valence-electron chi connectivity index (χ4n) is 3.00. The Kier molecular flexibility index (Phi) is 6.94. The van der Waals surface area contributed by atoms with Crippen LogP contribution >= 0.6 is 0 Å². The van der Waals surface area contributed by atoms with Crippen LogP contribution in [0, 0.1) is 0 Å². The number of fused-ring (bicyclic) bond motifs is 1. The van der Waals surface area contributed by atoms with Gasteiger partial charge in [0.15, 0.2) is 23.0 Å². The first kappa shape index (κ1) is 21.6. The van der Waals surface area contributed by atoms with Crippen LogP contribution in [0.25, 0.3) is 0 Å². The van der Waals surface area contributed by atoms with Crippen LogP contribution < -0.4 is 24.3 Å². The van der Waals surface area contributed by atoms with Crippen molar-refractivity contribution < 1.29 is 32.5 Å². The summed E-state index contributed by atoms with van der Waals surface area (Å²) in [5.41, 5.74) is 1.40. The van der Waals surface area contributed by atoms with E-state index in [9.17, 15) is 13.6 Å². The van der Waals surface area contributed by atoms with Gasteiger partial charge in [0.2, 0.25) is 5.91 Å². The number of anilines is 1. The van der Waals surface area contributed by atoms with Crippen LogP contribution in [-0.4, -0.2) is 50.8 Å². The second-order valence-electron chi connectivity index (χ2n) is 6.80. The molecule has 7 nitrogen and oxygen atoms in total. The van der Waals surface area contributed by atoms with Crippen LogP contribution in [0.1, 0.15) is 12.5 Å². The lowest BCUT2D eigenvalue weighted by Crippen LogP contribution is -2.39. The first-order valence-corrected chi connectivity index (χ1v) is 9.40. The van der Waals surface area contributed by atoms with Gasteiger partial charge in [-0.3, -0.25) is 9.69 Å². The number of halogens is 2. The monoisotopic (exact) mass is 422 g/mol. The molecule has 3 rings (SSSR count). The van der Waals surface area contributed by atoms with E-state index >= 15 is 0 Å². The fraction of sp³-hybridized carbons (Fsp3) is 0.381. The van der Waals surface area contributed by atoms with Gasteiger partial charge in [0, 0.05) is 18.3 Å². The zero-order chi connectivity index (χ0) is 21.7. The Bertz CT molecular complexity index is 894. The van der Waals surface area contributed by atoms with Gasteiger partial charge in [-0.2, -0.15) is 8.78 Å². The smallest absolute Gasteiger partial charge is 0.387 e. The maximum Gasteiger partial charge on any atom is 0.387 e. The van der Waals surface area contributed by atoms with Crippen molar-refractivity contribution >= 4 is 11.6 Å². The van der Waals surface area contributed by atoms with Gasteiger partial charge in [-0.05, 0) is 43.8 Å². The molecule has 0 saturated carbocycles. The number of methoxy groups -OCH3 is 1. The summed E-state index contributed by atoms with van der Waals surface area (Å²) < 4.78 is 45.5. The standard InChI is InChI=1S/C21H24F2N2O5/c1-13(20(26)24-15-5-7-16-19(11-15)29-9-8-28-16)25(2)12-14-4-6-17(30-21(22)23)18(10-14)27-3/h4-7,10-11,13,21H,8-9,12H2,1-3H3,(H,24,26). The molecule has 0 aliphatic carbocycles. The highest BCUT2D eigenvalue weighted by Crippen LogP contribution is 2.33. The number of rotatable bonds is 8. The highest BCUT2D eigenvalue weighted by atomic mass is 19.3. The van der Waals surface area contributed by atoms with E-state index in [0.29, 0.717) is 36.9 Å². The lowest BCUT2D eigenvalue weighted by atomic mass is 10.1. The van der Waals surface area contributed by atoms with Gasteiger partial charge in [-0.15, -0.1) is 0 Å². The molecule has 1 unspecified atom stereocenters. The van der Waals surface area contributed by atoms with Gasteiger partial charge in [-0.25, -0.2) is 0 Å². The fourth-order valence-corrected chi connectivity index (χ4v) is 3.00. The third-order valence-corrected chi connectivity index (χ3v) is 4.73. The molecular weight excluding hydrogens is 398 g/mol. The Morgan fingerprint density at radius 1 is 1.13 bits per heavy atom. The Balaban J connectivity index is 1.62. The third-order valence-electron chi connectivity index (χ3n) is 4.73. The maximum atomic E-state index is 12.7. The molecule has 1 amide bonds. The lowest BCUT2D eigenvalue weighted by Gasteiger charge is -2.25. The van der Waals surface area contributed by atoms with Crippen molar-refractivity contribution in [2.75, 3.05) is 32.7 Å². The molecule has 1 aliphatic heterocycles. The molecule has 30 heavy (non-hydrogen) atoms. The van der Waals surface area contributed by atoms with Crippen molar-refractivity contribution in [1.29, 1.82) is 0 Å². The molecule has 2 aromatic carbocycles. The maximum absolute atomic E-state index is 12.7. The average molecular weight is 422 g/mol. The molecule has 162 valence electrons. The first-order chi connectivity index (χ1) is 14.4. The SMILES string of the molecule is COc1cc(CN(C)C(C)C(=O)Nc2ccc3c(c2)OCCO3)ccc1OC(F)F. The third kappa shape index (κ3) is 5.29. The number of nitrogens with zero attached hydrogens (tertiary/aromatic N) is 1. The van der Waals surface area contributed by atoms with Crippen molar-refractivity contribution in [2.24, 2.45) is 0 Å². The summed E-state index contributed by atoms with van der Waals surface area (Å²) in [5, 5.41) is 2.87. The molecular formula is C21H24F2N2O5. The summed E-state index contributed by atoms with van der Waals surface area (Å²) in [6.45, 7) is 0.214. The summed E-state index contributed by atoms with van der Waals surface area (Å²) >= 11 is 0. The summed E-state index contributed by atoms with van der Waals surface area (Å²) in [6.07, 6.45) is 0. The summed E-state index contributed by atoms with van der Waals surface area (Å²) in [7, 11) is 3.18. The van der Waals surface area contributed by atoms with Crippen LogP contribution in [0.4, 0.5) is 14.5 Å². The van der Waals surface area contributed by atoms with E-state index < -0.39 is 12.7 Å². The van der Waals surface area contributed by atoms with Gasteiger partial charge in [0.25, 0.3) is 0 Å². The van der Waals surface area contributed by atoms with Gasteiger partial charge < -0.3 is 24.3 Å². The zero-order valence-corrected chi connectivity index (χ0v) is 17.0. The molecule has 1 atom stereocenters. The molecule has 1 heterocycles. The summed E-state index contributed by atoms with van der Waals surface area (Å²) in [5.74, 6) is 1.22. The van der Waals surface area contributed by atoms with Gasteiger partial charge in [0.05, 0.1) is 13.2 Å².